The molecule has 1 aliphatic rings. The topological polar surface area (TPSA) is 171 Å². The highest BCUT2D eigenvalue weighted by Crippen LogP contribution is 2.36. The lowest BCUT2D eigenvalue weighted by Crippen LogP contribution is -2.54. The van der Waals surface area contributed by atoms with Crippen molar-refractivity contribution in [3.63, 3.8) is 0 Å². The lowest BCUT2D eigenvalue weighted by molar-refractivity contribution is -0.394. The normalized spacial score (nSPS) is 14.3. The Kier molecular flexibility index (Phi) is 7.10. The van der Waals surface area contributed by atoms with E-state index in [0.29, 0.717) is 12.4 Å². The molecule has 1 fully saturated rings. The van der Waals surface area contributed by atoms with E-state index in [1.165, 1.54) is 30.3 Å². The minimum absolute atomic E-state index is 0.0158. The van der Waals surface area contributed by atoms with Crippen molar-refractivity contribution in [3.05, 3.63) is 98.1 Å². The second-order valence-corrected chi connectivity index (χ2v) is 7.69. The van der Waals surface area contributed by atoms with Crippen molar-refractivity contribution in [2.45, 2.75) is 6.92 Å². The summed E-state index contributed by atoms with van der Waals surface area (Å²) in [4.78, 5) is 60.0. The first-order valence-corrected chi connectivity index (χ1v) is 11.0. The van der Waals surface area contributed by atoms with Crippen LogP contribution >= 0.6 is 0 Å². The molecule has 0 aliphatic carbocycles. The molecule has 1 aliphatic heterocycles. The second-order valence-electron chi connectivity index (χ2n) is 7.69. The van der Waals surface area contributed by atoms with Gasteiger partial charge >= 0.3 is 11.7 Å². The molecular formula is C25H18N4O9. The van der Waals surface area contributed by atoms with E-state index in [1.807, 2.05) is 0 Å². The molecule has 3 aromatic rings. The Morgan fingerprint density at radius 1 is 0.921 bits per heavy atom. The number of hydrogen-bond acceptors (Lipinski definition) is 9. The molecule has 38 heavy (non-hydrogen) atoms. The molecular weight excluding hydrogens is 500 g/mol. The highest BCUT2D eigenvalue weighted by atomic mass is 16.6. The van der Waals surface area contributed by atoms with Crippen molar-refractivity contribution in [1.82, 2.24) is 5.32 Å². The van der Waals surface area contributed by atoms with Crippen LogP contribution in [0.15, 0.2) is 72.3 Å². The Morgan fingerprint density at radius 3 is 2.29 bits per heavy atom. The van der Waals surface area contributed by atoms with Crippen LogP contribution in [0.25, 0.3) is 6.08 Å². The smallest absolute Gasteiger partial charge is 0.335 e. The highest BCUT2D eigenvalue weighted by molar-refractivity contribution is 6.39. The minimum atomic E-state index is -0.946. The van der Waals surface area contributed by atoms with E-state index in [2.05, 4.69) is 5.32 Å². The molecule has 0 spiro atoms. The number of urea groups is 1. The number of carbonyl (C=O) groups is 3. The number of anilines is 1. The number of amides is 4. The molecule has 0 unspecified atom stereocenters. The number of ether oxygens (including phenoxy) is 2. The van der Waals surface area contributed by atoms with Gasteiger partial charge in [0.25, 0.3) is 17.5 Å². The van der Waals surface area contributed by atoms with Gasteiger partial charge in [0.2, 0.25) is 5.75 Å². The molecule has 4 rings (SSSR count). The van der Waals surface area contributed by atoms with Crippen molar-refractivity contribution in [2.24, 2.45) is 0 Å². The molecule has 4 amide bonds. The van der Waals surface area contributed by atoms with Crippen LogP contribution in [0.1, 0.15) is 12.5 Å². The number of nitrogens with zero attached hydrogens (tertiary/aromatic N) is 3. The SMILES string of the molecule is CCOc1ccc(N2C(=O)NC(=O)/C(=C\c3ccccc3Oc3ccc([N+](=O)[O-])cc3[N+](=O)[O-])C2=O)cc1. The van der Waals surface area contributed by atoms with Gasteiger partial charge in [-0.3, -0.25) is 35.1 Å². The van der Waals surface area contributed by atoms with Crippen molar-refractivity contribution < 1.29 is 33.7 Å². The summed E-state index contributed by atoms with van der Waals surface area (Å²) in [7, 11) is 0. The third kappa shape index (κ3) is 5.16. The molecule has 0 saturated carbocycles. The van der Waals surface area contributed by atoms with Crippen molar-refractivity contribution in [1.29, 1.82) is 0 Å². The molecule has 192 valence electrons. The highest BCUT2D eigenvalue weighted by Gasteiger charge is 2.37. The maximum absolute atomic E-state index is 13.2. The van der Waals surface area contributed by atoms with Gasteiger partial charge in [0, 0.05) is 11.6 Å². The molecule has 1 heterocycles. The van der Waals surface area contributed by atoms with E-state index in [0.717, 1.165) is 23.1 Å². The lowest BCUT2D eigenvalue weighted by Gasteiger charge is -2.26. The average Bonchev–Trinajstić information content (AvgIpc) is 2.88. The fourth-order valence-electron chi connectivity index (χ4n) is 3.57. The minimum Gasteiger partial charge on any atom is -0.494 e. The average molecular weight is 518 g/mol. The van der Waals surface area contributed by atoms with E-state index in [1.54, 1.807) is 31.2 Å². The summed E-state index contributed by atoms with van der Waals surface area (Å²) in [5.74, 6) is -1.60. The van der Waals surface area contributed by atoms with Crippen molar-refractivity contribution in [2.75, 3.05) is 11.5 Å². The van der Waals surface area contributed by atoms with Gasteiger partial charge in [-0.25, -0.2) is 9.69 Å². The number of hydrogen-bond donors (Lipinski definition) is 1. The number of imide groups is 2. The van der Waals surface area contributed by atoms with Gasteiger partial charge in [0.05, 0.1) is 28.2 Å². The van der Waals surface area contributed by atoms with Gasteiger partial charge in [0.1, 0.15) is 17.1 Å². The lowest BCUT2D eigenvalue weighted by atomic mass is 10.1. The molecule has 0 bridgehead atoms. The Balaban J connectivity index is 1.70. The predicted octanol–water partition coefficient (Wildman–Crippen LogP) is 4.36. The first kappa shape index (κ1) is 25.5. The molecule has 0 aromatic heterocycles. The van der Waals surface area contributed by atoms with Gasteiger partial charge in [0.15, 0.2) is 0 Å². The summed E-state index contributed by atoms with van der Waals surface area (Å²) in [6, 6.07) is 14.1. The van der Waals surface area contributed by atoms with Crippen molar-refractivity contribution >= 4 is 41.0 Å². The third-order valence-electron chi connectivity index (χ3n) is 5.30. The largest absolute Gasteiger partial charge is 0.494 e. The van der Waals surface area contributed by atoms with Crippen LogP contribution in [0, 0.1) is 20.2 Å². The van der Waals surface area contributed by atoms with E-state index in [-0.39, 0.29) is 22.7 Å². The van der Waals surface area contributed by atoms with Gasteiger partial charge in [-0.1, -0.05) is 18.2 Å². The molecule has 13 nitrogen and oxygen atoms in total. The second kappa shape index (κ2) is 10.6. The van der Waals surface area contributed by atoms with E-state index < -0.39 is 44.6 Å². The van der Waals surface area contributed by atoms with Crippen LogP contribution in [-0.4, -0.2) is 34.3 Å². The number of rotatable bonds is 8. The summed E-state index contributed by atoms with van der Waals surface area (Å²) in [6.45, 7) is 2.23. The third-order valence-corrected chi connectivity index (χ3v) is 5.30. The number of nitrogens with one attached hydrogen (secondary N) is 1. The maximum Gasteiger partial charge on any atom is 0.335 e. The Labute approximate surface area is 214 Å². The van der Waals surface area contributed by atoms with Crippen LogP contribution in [0.3, 0.4) is 0 Å². The number of barbiturate groups is 1. The fraction of sp³-hybridized carbons (Fsp3) is 0.0800. The van der Waals surface area contributed by atoms with Gasteiger partial charge in [-0.15, -0.1) is 0 Å². The summed E-state index contributed by atoms with van der Waals surface area (Å²) in [5, 5.41) is 24.6. The van der Waals surface area contributed by atoms with Crippen LogP contribution in [0.4, 0.5) is 21.9 Å². The zero-order valence-electron chi connectivity index (χ0n) is 19.7. The van der Waals surface area contributed by atoms with Crippen LogP contribution < -0.4 is 19.7 Å². The van der Waals surface area contributed by atoms with E-state index in [9.17, 15) is 34.6 Å². The predicted molar refractivity (Wildman–Crippen MR) is 133 cm³/mol. The monoisotopic (exact) mass is 518 g/mol. The van der Waals surface area contributed by atoms with E-state index >= 15 is 0 Å². The Morgan fingerprint density at radius 2 is 1.63 bits per heavy atom. The number of benzene rings is 3. The van der Waals surface area contributed by atoms with E-state index in [4.69, 9.17) is 9.47 Å². The summed E-state index contributed by atoms with van der Waals surface area (Å²) < 4.78 is 11.0. The maximum atomic E-state index is 13.2. The zero-order chi connectivity index (χ0) is 27.4. The standard InChI is InChI=1S/C25H18N4O9/c1-2-37-18-10-7-16(8-11-18)27-24(31)19(23(30)26-25(27)32)13-15-5-3-4-6-21(15)38-22-12-9-17(28(33)34)14-20(22)29(35)36/h3-14H,2H2,1H3,(H,26,30,32)/b19-13+. The number of carbonyl (C=O) groups excluding carboxylic acids is 3. The van der Waals surface area contributed by atoms with Gasteiger partial charge in [-0.2, -0.15) is 0 Å². The first-order chi connectivity index (χ1) is 18.2. The molecule has 0 radical (unpaired) electrons. The molecule has 13 heteroatoms. The van der Waals surface area contributed by atoms with Crippen molar-refractivity contribution in [3.8, 4) is 17.2 Å². The Hall–Kier alpha value is -5.59. The molecule has 3 aromatic carbocycles. The number of non-ortho nitro benzene ring substituents is 1. The summed E-state index contributed by atoms with van der Waals surface area (Å²) in [5.41, 5.74) is -1.17. The van der Waals surface area contributed by atoms with Gasteiger partial charge in [-0.05, 0) is 49.4 Å². The number of nitro benzene ring substituents is 2. The molecule has 1 N–H and O–H groups in total. The number of para-hydroxylation sites is 1. The van der Waals surface area contributed by atoms with Crippen LogP contribution in [0.2, 0.25) is 0 Å². The van der Waals surface area contributed by atoms with Crippen LogP contribution in [0.5, 0.6) is 17.2 Å². The van der Waals surface area contributed by atoms with Gasteiger partial charge < -0.3 is 9.47 Å². The summed E-state index contributed by atoms with van der Waals surface area (Å²) in [6.07, 6.45) is 1.18. The quantitative estimate of drug-likeness (QED) is 0.197. The Bertz CT molecular complexity index is 1500. The first-order valence-electron chi connectivity index (χ1n) is 11.0. The molecule has 0 atom stereocenters. The zero-order valence-corrected chi connectivity index (χ0v) is 19.7. The molecule has 1 saturated heterocycles. The summed E-state index contributed by atoms with van der Waals surface area (Å²) >= 11 is 0. The fourth-order valence-corrected chi connectivity index (χ4v) is 3.57. The van der Waals surface area contributed by atoms with Crippen LogP contribution in [-0.2, 0) is 9.59 Å². The number of nitro groups is 2.